The third-order valence-corrected chi connectivity index (χ3v) is 2.43. The van der Waals surface area contributed by atoms with E-state index in [-0.39, 0.29) is 23.0 Å². The van der Waals surface area contributed by atoms with Crippen molar-refractivity contribution >= 4 is 24.0 Å². The third kappa shape index (κ3) is 4.03. The molecule has 0 fully saturated rings. The van der Waals surface area contributed by atoms with Gasteiger partial charge >= 0.3 is 6.18 Å². The molecule has 0 unspecified atom stereocenters. The summed E-state index contributed by atoms with van der Waals surface area (Å²) in [6, 6.07) is 2.21. The van der Waals surface area contributed by atoms with Gasteiger partial charge in [-0.05, 0) is 24.6 Å². The van der Waals surface area contributed by atoms with Gasteiger partial charge in [0.2, 0.25) is 0 Å². The van der Waals surface area contributed by atoms with Gasteiger partial charge < -0.3 is 10.8 Å². The van der Waals surface area contributed by atoms with E-state index in [2.05, 4.69) is 0 Å². The number of hydrogen-bond acceptors (Lipinski definition) is 2. The van der Waals surface area contributed by atoms with Crippen LogP contribution in [0.3, 0.4) is 0 Å². The summed E-state index contributed by atoms with van der Waals surface area (Å²) < 4.78 is 38.0. The lowest BCUT2D eigenvalue weighted by Gasteiger charge is -2.20. The summed E-state index contributed by atoms with van der Waals surface area (Å²) in [5.74, 6) is 0. The smallest absolute Gasteiger partial charge is 0.391 e. The Labute approximate surface area is 108 Å². The minimum Gasteiger partial charge on any atom is -0.391 e. The zero-order valence-corrected chi connectivity index (χ0v) is 10.4. The molecule has 0 aliphatic rings. The summed E-state index contributed by atoms with van der Waals surface area (Å²) in [5.41, 5.74) is 4.42. The molecule has 0 aromatic heterocycles. The molecule has 0 saturated heterocycles. The summed E-state index contributed by atoms with van der Waals surface area (Å²) in [5, 5.41) is 9.19. The predicted molar refractivity (Wildman–Crippen MR) is 62.3 cm³/mol. The molecule has 1 aromatic rings. The third-order valence-electron chi connectivity index (χ3n) is 2.20. The molecule has 0 heterocycles. The lowest BCUT2D eigenvalue weighted by atomic mass is 9.97. The monoisotopic (exact) mass is 289 g/mol. The minimum atomic E-state index is -4.53. The van der Waals surface area contributed by atoms with Crippen LogP contribution in [-0.2, 0) is 6.18 Å². The highest BCUT2D eigenvalue weighted by Crippen LogP contribution is 2.36. The van der Waals surface area contributed by atoms with Crippen LogP contribution < -0.4 is 5.73 Å². The first-order valence-corrected chi connectivity index (χ1v) is 4.91. The number of aliphatic hydroxyl groups is 1. The predicted octanol–water partition coefficient (Wildman–Crippen LogP) is 3.16. The van der Waals surface area contributed by atoms with E-state index in [0.29, 0.717) is 0 Å². The molecule has 0 spiro atoms. The molecule has 1 aromatic carbocycles. The molecule has 2 atom stereocenters. The zero-order valence-electron chi connectivity index (χ0n) is 8.83. The van der Waals surface area contributed by atoms with Crippen molar-refractivity contribution in [3.8, 4) is 0 Å². The van der Waals surface area contributed by atoms with Crippen LogP contribution in [-0.4, -0.2) is 11.2 Å². The molecule has 1 rings (SSSR count). The Morgan fingerprint density at radius 2 is 1.88 bits per heavy atom. The molecule has 0 saturated carbocycles. The quantitative estimate of drug-likeness (QED) is 0.878. The second kappa shape index (κ2) is 5.91. The van der Waals surface area contributed by atoms with E-state index in [1.54, 1.807) is 0 Å². The Morgan fingerprint density at radius 3 is 2.29 bits per heavy atom. The normalized spacial score (nSPS) is 15.0. The first kappa shape index (κ1) is 16.5. The summed E-state index contributed by atoms with van der Waals surface area (Å²) in [6.45, 7) is 1.33. The van der Waals surface area contributed by atoms with Crippen LogP contribution in [0.2, 0.25) is 5.02 Å². The number of benzene rings is 1. The van der Waals surface area contributed by atoms with Gasteiger partial charge in [-0.2, -0.15) is 13.2 Å². The van der Waals surface area contributed by atoms with Crippen LogP contribution in [0, 0.1) is 0 Å². The Balaban J connectivity index is 0.00000256. The number of hydrogen-bond donors (Lipinski definition) is 2. The van der Waals surface area contributed by atoms with Gasteiger partial charge in [-0.25, -0.2) is 0 Å². The molecule has 98 valence electrons. The van der Waals surface area contributed by atoms with Crippen molar-refractivity contribution < 1.29 is 18.3 Å². The molecule has 17 heavy (non-hydrogen) atoms. The molecular weight excluding hydrogens is 278 g/mol. The molecule has 0 amide bonds. The number of aliphatic hydroxyl groups excluding tert-OH is 1. The van der Waals surface area contributed by atoms with Crippen LogP contribution in [0.1, 0.15) is 24.1 Å². The van der Waals surface area contributed by atoms with Gasteiger partial charge in [0, 0.05) is 5.02 Å². The summed E-state index contributed by atoms with van der Waals surface area (Å²) >= 11 is 5.50. The maximum Gasteiger partial charge on any atom is 0.416 e. The maximum absolute atomic E-state index is 12.7. The Bertz CT molecular complexity index is 382. The van der Waals surface area contributed by atoms with Crippen molar-refractivity contribution in [1.29, 1.82) is 0 Å². The van der Waals surface area contributed by atoms with Gasteiger partial charge in [-0.3, -0.25) is 0 Å². The fraction of sp³-hybridized carbons (Fsp3) is 0.400. The van der Waals surface area contributed by atoms with E-state index >= 15 is 0 Å². The first-order chi connectivity index (χ1) is 7.23. The van der Waals surface area contributed by atoms with Gasteiger partial charge in [0.05, 0.1) is 17.7 Å². The SMILES string of the molecule is C[C@@H](O)[C@@H](N)c1ccc(Cl)cc1C(F)(F)F.Cl. The minimum absolute atomic E-state index is 0. The zero-order chi connectivity index (χ0) is 12.5. The van der Waals surface area contributed by atoms with E-state index in [4.69, 9.17) is 17.3 Å². The van der Waals surface area contributed by atoms with Crippen molar-refractivity contribution in [2.75, 3.05) is 0 Å². The number of alkyl halides is 3. The van der Waals surface area contributed by atoms with E-state index in [9.17, 15) is 18.3 Å². The highest BCUT2D eigenvalue weighted by atomic mass is 35.5. The lowest BCUT2D eigenvalue weighted by Crippen LogP contribution is -2.26. The van der Waals surface area contributed by atoms with Crippen LogP contribution in [0.25, 0.3) is 0 Å². The standard InChI is InChI=1S/C10H11ClF3NO.ClH/c1-5(16)9(15)7-3-2-6(11)4-8(7)10(12,13)14;/h2-5,9,16H,15H2,1H3;1H/t5-,9-;/m1./s1. The van der Waals surface area contributed by atoms with Gasteiger partial charge in [-0.15, -0.1) is 12.4 Å². The second-order valence-electron chi connectivity index (χ2n) is 3.50. The van der Waals surface area contributed by atoms with Crippen molar-refractivity contribution in [3.63, 3.8) is 0 Å². The summed E-state index contributed by atoms with van der Waals surface area (Å²) in [7, 11) is 0. The Kier molecular flexibility index (Phi) is 5.74. The molecule has 2 nitrogen and oxygen atoms in total. The van der Waals surface area contributed by atoms with Gasteiger partial charge in [0.1, 0.15) is 0 Å². The van der Waals surface area contributed by atoms with E-state index < -0.39 is 23.9 Å². The summed E-state index contributed by atoms with van der Waals surface area (Å²) in [4.78, 5) is 0. The molecule has 0 aliphatic carbocycles. The van der Waals surface area contributed by atoms with E-state index in [0.717, 1.165) is 6.07 Å². The average molecular weight is 290 g/mol. The van der Waals surface area contributed by atoms with Crippen molar-refractivity contribution in [2.45, 2.75) is 25.2 Å². The first-order valence-electron chi connectivity index (χ1n) is 4.53. The van der Waals surface area contributed by atoms with Crippen LogP contribution in [0.4, 0.5) is 13.2 Å². The molecule has 0 aliphatic heterocycles. The average Bonchev–Trinajstić information content (AvgIpc) is 2.15. The second-order valence-corrected chi connectivity index (χ2v) is 3.93. The highest BCUT2D eigenvalue weighted by molar-refractivity contribution is 6.30. The highest BCUT2D eigenvalue weighted by Gasteiger charge is 2.35. The number of nitrogens with two attached hydrogens (primary N) is 1. The van der Waals surface area contributed by atoms with Crippen molar-refractivity contribution in [2.24, 2.45) is 5.73 Å². The van der Waals surface area contributed by atoms with E-state index in [1.807, 2.05) is 0 Å². The summed E-state index contributed by atoms with van der Waals surface area (Å²) in [6.07, 6.45) is -5.60. The van der Waals surface area contributed by atoms with Gasteiger partial charge in [0.15, 0.2) is 0 Å². The fourth-order valence-corrected chi connectivity index (χ4v) is 1.50. The number of halogens is 5. The largest absolute Gasteiger partial charge is 0.416 e. The Morgan fingerprint density at radius 1 is 1.35 bits per heavy atom. The van der Waals surface area contributed by atoms with Gasteiger partial charge in [0.25, 0.3) is 0 Å². The van der Waals surface area contributed by atoms with Gasteiger partial charge in [-0.1, -0.05) is 17.7 Å². The van der Waals surface area contributed by atoms with Crippen molar-refractivity contribution in [3.05, 3.63) is 34.3 Å². The number of rotatable bonds is 2. The van der Waals surface area contributed by atoms with E-state index in [1.165, 1.54) is 19.1 Å². The molecule has 3 N–H and O–H groups in total. The molecule has 7 heteroatoms. The van der Waals surface area contributed by atoms with Crippen LogP contribution in [0.15, 0.2) is 18.2 Å². The fourth-order valence-electron chi connectivity index (χ4n) is 1.32. The van der Waals surface area contributed by atoms with Crippen molar-refractivity contribution in [1.82, 2.24) is 0 Å². The van der Waals surface area contributed by atoms with Crippen LogP contribution >= 0.6 is 24.0 Å². The Hall–Kier alpha value is -0.490. The maximum atomic E-state index is 12.7. The molecule has 0 bridgehead atoms. The lowest BCUT2D eigenvalue weighted by molar-refractivity contribution is -0.138. The topological polar surface area (TPSA) is 46.2 Å². The van der Waals surface area contributed by atoms with Crippen LogP contribution in [0.5, 0.6) is 0 Å². The molecule has 0 radical (unpaired) electrons. The molecular formula is C10H12Cl2F3NO.